The zero-order valence-electron chi connectivity index (χ0n) is 9.37. The molecule has 0 saturated carbocycles. The molecular formula is C10H20O4. The Labute approximate surface area is 85.1 Å². The minimum absolute atomic E-state index is 0.106. The lowest BCUT2D eigenvalue weighted by Gasteiger charge is -2.22. The minimum Gasteiger partial charge on any atom is -0.481 e. The lowest BCUT2D eigenvalue weighted by molar-refractivity contribution is -0.357. The van der Waals surface area contributed by atoms with Crippen LogP contribution in [0.25, 0.3) is 0 Å². The molecule has 0 aliphatic rings. The summed E-state index contributed by atoms with van der Waals surface area (Å²) < 4.78 is 0. The Bertz CT molecular complexity index is 177. The van der Waals surface area contributed by atoms with Gasteiger partial charge in [0.1, 0.15) is 0 Å². The summed E-state index contributed by atoms with van der Waals surface area (Å²) in [4.78, 5) is 20.6. The third-order valence-electron chi connectivity index (χ3n) is 2.25. The molecule has 0 aromatic rings. The molecule has 4 heteroatoms. The summed E-state index contributed by atoms with van der Waals surface area (Å²) in [5.41, 5.74) is -0.350. The molecule has 0 amide bonds. The van der Waals surface area contributed by atoms with Crippen LogP contribution in [-0.4, -0.2) is 23.3 Å². The molecule has 0 heterocycles. The first-order valence-electron chi connectivity index (χ1n) is 4.96. The largest absolute Gasteiger partial charge is 0.481 e. The molecule has 0 aromatic heterocycles. The van der Waals surface area contributed by atoms with E-state index in [1.165, 1.54) is 0 Å². The van der Waals surface area contributed by atoms with Crippen LogP contribution in [0.15, 0.2) is 0 Å². The molecule has 0 aliphatic carbocycles. The van der Waals surface area contributed by atoms with Crippen molar-refractivity contribution >= 4 is 5.97 Å². The quantitative estimate of drug-likeness (QED) is 0.510. The first-order valence-corrected chi connectivity index (χ1v) is 4.96. The molecule has 0 saturated heterocycles. The zero-order chi connectivity index (χ0) is 11.2. The number of carbonyl (C=O) groups is 1. The fraction of sp³-hybridized carbons (Fsp3) is 0.900. The molecule has 0 fully saturated rings. The van der Waals surface area contributed by atoms with Gasteiger partial charge in [0, 0.05) is 0 Å². The van der Waals surface area contributed by atoms with Crippen molar-refractivity contribution in [2.75, 3.05) is 6.61 Å². The van der Waals surface area contributed by atoms with E-state index in [1.54, 1.807) is 0 Å². The second-order valence-corrected chi connectivity index (χ2v) is 3.92. The molecule has 0 radical (unpaired) electrons. The number of aliphatic carboxylic acids is 1. The van der Waals surface area contributed by atoms with Gasteiger partial charge in [-0.05, 0) is 26.7 Å². The highest BCUT2D eigenvalue weighted by atomic mass is 17.2. The van der Waals surface area contributed by atoms with E-state index in [0.717, 1.165) is 6.42 Å². The highest BCUT2D eigenvalue weighted by molar-refractivity contribution is 5.69. The normalized spacial score (nSPS) is 14.0. The van der Waals surface area contributed by atoms with Gasteiger partial charge in [0.05, 0.1) is 18.1 Å². The Morgan fingerprint density at radius 1 is 1.43 bits per heavy atom. The molecule has 84 valence electrons. The van der Waals surface area contributed by atoms with E-state index in [2.05, 4.69) is 0 Å². The molecule has 0 aliphatic heterocycles. The molecule has 1 unspecified atom stereocenters. The van der Waals surface area contributed by atoms with Gasteiger partial charge < -0.3 is 5.11 Å². The predicted octanol–water partition coefficient (Wildman–Crippen LogP) is 2.23. The highest BCUT2D eigenvalue weighted by Gasteiger charge is 2.20. The third kappa shape index (κ3) is 5.19. The van der Waals surface area contributed by atoms with Crippen LogP contribution in [0, 0.1) is 5.92 Å². The van der Waals surface area contributed by atoms with E-state index in [1.807, 2.05) is 27.7 Å². The van der Waals surface area contributed by atoms with E-state index in [0.29, 0.717) is 6.42 Å². The van der Waals surface area contributed by atoms with Gasteiger partial charge in [-0.1, -0.05) is 13.8 Å². The van der Waals surface area contributed by atoms with Crippen LogP contribution in [0.4, 0.5) is 0 Å². The molecule has 0 aromatic carbocycles. The van der Waals surface area contributed by atoms with Crippen LogP contribution in [0.1, 0.15) is 40.5 Å². The predicted molar refractivity (Wildman–Crippen MR) is 52.8 cm³/mol. The fourth-order valence-corrected chi connectivity index (χ4v) is 0.698. The summed E-state index contributed by atoms with van der Waals surface area (Å²) in [6, 6.07) is 0. The van der Waals surface area contributed by atoms with Crippen LogP contribution in [0.5, 0.6) is 0 Å². The van der Waals surface area contributed by atoms with Gasteiger partial charge in [0.15, 0.2) is 0 Å². The molecule has 1 N–H and O–H groups in total. The number of carboxylic acids is 1. The number of carboxylic acid groups (broad SMARTS) is 1. The SMILES string of the molecule is CCC(COOC(C)(C)CC)C(=O)O. The third-order valence-corrected chi connectivity index (χ3v) is 2.25. The maximum Gasteiger partial charge on any atom is 0.308 e. The van der Waals surface area contributed by atoms with E-state index < -0.39 is 11.9 Å². The van der Waals surface area contributed by atoms with Gasteiger partial charge in [0.25, 0.3) is 0 Å². The topological polar surface area (TPSA) is 55.8 Å². The van der Waals surface area contributed by atoms with E-state index in [4.69, 9.17) is 14.9 Å². The first kappa shape index (κ1) is 13.4. The second kappa shape index (κ2) is 5.98. The van der Waals surface area contributed by atoms with Crippen molar-refractivity contribution in [3.63, 3.8) is 0 Å². The van der Waals surface area contributed by atoms with E-state index in [9.17, 15) is 4.79 Å². The number of rotatable bonds is 7. The number of hydrogen-bond donors (Lipinski definition) is 1. The average molecular weight is 204 g/mol. The molecular weight excluding hydrogens is 184 g/mol. The second-order valence-electron chi connectivity index (χ2n) is 3.92. The summed E-state index contributed by atoms with van der Waals surface area (Å²) in [6.45, 7) is 7.70. The lowest BCUT2D eigenvalue weighted by atomic mass is 10.1. The van der Waals surface area contributed by atoms with Crippen molar-refractivity contribution < 1.29 is 19.7 Å². The molecule has 0 spiro atoms. The van der Waals surface area contributed by atoms with Gasteiger partial charge in [-0.15, -0.1) is 0 Å². The molecule has 4 nitrogen and oxygen atoms in total. The van der Waals surface area contributed by atoms with Crippen LogP contribution in [0.3, 0.4) is 0 Å². The fourth-order valence-electron chi connectivity index (χ4n) is 0.698. The molecule has 14 heavy (non-hydrogen) atoms. The van der Waals surface area contributed by atoms with Crippen LogP contribution in [0.2, 0.25) is 0 Å². The minimum atomic E-state index is -0.842. The standard InChI is InChI=1S/C10H20O4/c1-5-8(9(11)12)7-13-14-10(3,4)6-2/h8H,5-7H2,1-4H3,(H,11,12). The smallest absolute Gasteiger partial charge is 0.308 e. The van der Waals surface area contributed by atoms with Crippen LogP contribution in [-0.2, 0) is 14.6 Å². The Balaban J connectivity index is 3.77. The highest BCUT2D eigenvalue weighted by Crippen LogP contribution is 2.15. The van der Waals surface area contributed by atoms with Gasteiger partial charge in [-0.3, -0.25) is 4.79 Å². The molecule has 1 atom stereocenters. The Kier molecular flexibility index (Phi) is 5.72. The Hall–Kier alpha value is -0.610. The Morgan fingerprint density at radius 3 is 2.36 bits per heavy atom. The van der Waals surface area contributed by atoms with Gasteiger partial charge in [-0.25, -0.2) is 9.78 Å². The monoisotopic (exact) mass is 204 g/mol. The van der Waals surface area contributed by atoms with Crippen LogP contribution < -0.4 is 0 Å². The summed E-state index contributed by atoms with van der Waals surface area (Å²) in [5.74, 6) is -1.33. The van der Waals surface area contributed by atoms with Gasteiger partial charge in [0.2, 0.25) is 0 Å². The maximum atomic E-state index is 10.6. The zero-order valence-corrected chi connectivity index (χ0v) is 9.37. The molecule has 0 rings (SSSR count). The van der Waals surface area contributed by atoms with E-state index >= 15 is 0 Å². The summed E-state index contributed by atoms with van der Waals surface area (Å²) in [7, 11) is 0. The lowest BCUT2D eigenvalue weighted by Crippen LogP contribution is -2.26. The molecule has 0 bridgehead atoms. The summed E-state index contributed by atoms with van der Waals surface area (Å²) in [6.07, 6.45) is 1.36. The van der Waals surface area contributed by atoms with Crippen molar-refractivity contribution in [3.8, 4) is 0 Å². The number of hydrogen-bond acceptors (Lipinski definition) is 3. The van der Waals surface area contributed by atoms with Crippen molar-refractivity contribution in [1.29, 1.82) is 0 Å². The van der Waals surface area contributed by atoms with Crippen molar-refractivity contribution in [3.05, 3.63) is 0 Å². The van der Waals surface area contributed by atoms with Crippen LogP contribution >= 0.6 is 0 Å². The summed E-state index contributed by atoms with van der Waals surface area (Å²) >= 11 is 0. The summed E-state index contributed by atoms with van der Waals surface area (Å²) in [5, 5.41) is 8.72. The maximum absolute atomic E-state index is 10.6. The van der Waals surface area contributed by atoms with Gasteiger partial charge >= 0.3 is 5.97 Å². The van der Waals surface area contributed by atoms with Crippen molar-refractivity contribution in [1.82, 2.24) is 0 Å². The van der Waals surface area contributed by atoms with Gasteiger partial charge in [-0.2, -0.15) is 0 Å². The van der Waals surface area contributed by atoms with E-state index in [-0.39, 0.29) is 12.2 Å². The average Bonchev–Trinajstić information content (AvgIpc) is 2.12. The van der Waals surface area contributed by atoms with Crippen molar-refractivity contribution in [2.24, 2.45) is 5.92 Å². The first-order chi connectivity index (χ1) is 6.43. The van der Waals surface area contributed by atoms with Crippen molar-refractivity contribution in [2.45, 2.75) is 46.1 Å². The Morgan fingerprint density at radius 2 is 2.00 bits per heavy atom.